The molecule has 424 valence electrons. The monoisotopic (exact) mass is 1100 g/mol. The predicted molar refractivity (Wildman–Crippen MR) is 279 cm³/mol. The number of carbonyl (C=O) groups is 10. The molecule has 79 heavy (non-hydrogen) atoms. The van der Waals surface area contributed by atoms with Crippen LogP contribution in [-0.2, 0) is 89.2 Å². The Morgan fingerprint density at radius 3 is 1.14 bits per heavy atom. The van der Waals surface area contributed by atoms with Gasteiger partial charge in [-0.2, -0.15) is 0 Å². The molecular formula is C59H68O20. The number of aryl methyl sites for hydroxylation is 1. The number of carbonyl (C=O) groups excluding carboxylic acids is 10. The highest BCUT2D eigenvalue weighted by Crippen LogP contribution is 2.34. The Morgan fingerprint density at radius 2 is 0.785 bits per heavy atom. The average molecular weight is 1100 g/mol. The van der Waals surface area contributed by atoms with Gasteiger partial charge in [-0.1, -0.05) is 37.4 Å². The summed E-state index contributed by atoms with van der Waals surface area (Å²) in [6.07, 6.45) is 4.15. The lowest BCUT2D eigenvalue weighted by atomic mass is 9.82. The van der Waals surface area contributed by atoms with Gasteiger partial charge in [0, 0.05) is 25.0 Å². The van der Waals surface area contributed by atoms with Crippen molar-refractivity contribution in [2.75, 3.05) is 26.4 Å². The highest BCUT2D eigenvalue weighted by atomic mass is 16.6. The van der Waals surface area contributed by atoms with Crippen LogP contribution in [0.3, 0.4) is 0 Å². The van der Waals surface area contributed by atoms with E-state index < -0.39 is 95.6 Å². The molecule has 3 aromatic rings. The van der Waals surface area contributed by atoms with Crippen LogP contribution in [-0.4, -0.2) is 98.3 Å². The molecule has 0 saturated heterocycles. The normalized spacial score (nSPS) is 17.4. The third-order valence-electron chi connectivity index (χ3n) is 12.9. The average Bonchev–Trinajstić information content (AvgIpc) is 3.44. The van der Waals surface area contributed by atoms with Gasteiger partial charge in [0.2, 0.25) is 0 Å². The van der Waals surface area contributed by atoms with E-state index in [1.165, 1.54) is 0 Å². The topological polar surface area (TPSA) is 263 Å². The van der Waals surface area contributed by atoms with Crippen molar-refractivity contribution < 1.29 is 95.3 Å². The zero-order valence-corrected chi connectivity index (χ0v) is 44.8. The lowest BCUT2D eigenvalue weighted by molar-refractivity contribution is -0.157. The van der Waals surface area contributed by atoms with Gasteiger partial charge in [-0.25, -0.2) is 9.59 Å². The minimum atomic E-state index is -0.683. The number of benzene rings is 3. The molecule has 0 amide bonds. The van der Waals surface area contributed by atoms with Crippen molar-refractivity contribution >= 4 is 59.7 Å². The lowest BCUT2D eigenvalue weighted by Gasteiger charge is -2.26. The predicted octanol–water partition coefficient (Wildman–Crippen LogP) is 7.68. The van der Waals surface area contributed by atoms with Crippen molar-refractivity contribution in [3.63, 3.8) is 0 Å². The van der Waals surface area contributed by atoms with Crippen LogP contribution in [0, 0.1) is 30.6 Å². The van der Waals surface area contributed by atoms with E-state index in [9.17, 15) is 47.9 Å². The number of hydrogen-bond acceptors (Lipinski definition) is 20. The first-order valence-electron chi connectivity index (χ1n) is 26.3. The van der Waals surface area contributed by atoms with E-state index in [0.717, 1.165) is 23.3 Å². The van der Waals surface area contributed by atoms with E-state index >= 15 is 0 Å². The highest BCUT2D eigenvalue weighted by Gasteiger charge is 2.34. The first kappa shape index (κ1) is 61.7. The van der Waals surface area contributed by atoms with Crippen molar-refractivity contribution in [2.24, 2.45) is 23.7 Å². The standard InChI is InChI=1S/C59H68O20/c1-6-50(60)72-35-38(4)74-54(64)28-26-52(62)70-32-30-40-8-20-46(21-9-40)76-56(66)42-12-14-44(15-13-42)58(68)78-48-24-25-49(37(3)34-48)79-59(69)45-18-16-43(17-19-45)57(67)77-47-22-10-41(11-23-47)31-33-71-53(63)27-29-55(65)75-39(5)36-73-51(61)7-2/h6-11,20-25,34,38-39,42-45H,1-2,12-19,26-33,35-36H2,3-5H3/t38?,39?,42-,43-,44-,45-. The summed E-state index contributed by atoms with van der Waals surface area (Å²) in [5, 5.41) is 0. The van der Waals surface area contributed by atoms with Gasteiger partial charge in [0.25, 0.3) is 0 Å². The highest BCUT2D eigenvalue weighted by molar-refractivity contribution is 5.82. The van der Waals surface area contributed by atoms with Crippen LogP contribution in [0.15, 0.2) is 92.0 Å². The molecule has 2 aliphatic rings. The van der Waals surface area contributed by atoms with Crippen LogP contribution in [0.5, 0.6) is 23.0 Å². The van der Waals surface area contributed by atoms with Gasteiger partial charge in [-0.3, -0.25) is 38.4 Å². The molecule has 0 radical (unpaired) electrons. The van der Waals surface area contributed by atoms with Crippen molar-refractivity contribution in [2.45, 2.75) is 123 Å². The van der Waals surface area contributed by atoms with Crippen LogP contribution in [0.1, 0.15) is 108 Å². The summed E-state index contributed by atoms with van der Waals surface area (Å²) in [6, 6.07) is 18.4. The molecule has 0 aliphatic heterocycles. The molecule has 2 atom stereocenters. The van der Waals surface area contributed by atoms with Crippen LogP contribution in [0.4, 0.5) is 0 Å². The Kier molecular flexibility index (Phi) is 24.9. The van der Waals surface area contributed by atoms with E-state index in [1.54, 1.807) is 87.5 Å². The molecule has 0 spiro atoms. The molecule has 0 bridgehead atoms. The molecule has 2 saturated carbocycles. The third-order valence-corrected chi connectivity index (χ3v) is 12.9. The summed E-state index contributed by atoms with van der Waals surface area (Å²) in [7, 11) is 0. The van der Waals surface area contributed by atoms with Crippen LogP contribution >= 0.6 is 0 Å². The van der Waals surface area contributed by atoms with Gasteiger partial charge in [0.1, 0.15) is 48.4 Å². The summed E-state index contributed by atoms with van der Waals surface area (Å²) in [5.41, 5.74) is 2.25. The van der Waals surface area contributed by atoms with Crippen molar-refractivity contribution in [1.82, 2.24) is 0 Å². The zero-order valence-electron chi connectivity index (χ0n) is 44.8. The van der Waals surface area contributed by atoms with Gasteiger partial charge in [0.15, 0.2) is 0 Å². The van der Waals surface area contributed by atoms with E-state index in [-0.39, 0.29) is 52.1 Å². The second kappa shape index (κ2) is 31.9. The van der Waals surface area contributed by atoms with Crippen LogP contribution in [0.25, 0.3) is 0 Å². The van der Waals surface area contributed by atoms with Gasteiger partial charge < -0.3 is 47.4 Å². The van der Waals surface area contributed by atoms with E-state index in [2.05, 4.69) is 13.2 Å². The van der Waals surface area contributed by atoms with Gasteiger partial charge >= 0.3 is 59.7 Å². The Bertz CT molecular complexity index is 2620. The Morgan fingerprint density at radius 1 is 0.456 bits per heavy atom. The minimum absolute atomic E-state index is 0.0732. The third kappa shape index (κ3) is 22.0. The number of esters is 10. The maximum absolute atomic E-state index is 13.2. The van der Waals surface area contributed by atoms with E-state index in [4.69, 9.17) is 47.4 Å². The molecule has 5 rings (SSSR count). The molecule has 2 unspecified atom stereocenters. The summed E-state index contributed by atoms with van der Waals surface area (Å²) in [6.45, 7) is 11.3. The fraction of sp³-hybridized carbons (Fsp3) is 0.458. The van der Waals surface area contributed by atoms with Crippen molar-refractivity contribution in [1.29, 1.82) is 0 Å². The molecule has 0 aromatic heterocycles. The molecule has 3 aromatic carbocycles. The van der Waals surface area contributed by atoms with Crippen LogP contribution < -0.4 is 18.9 Å². The maximum atomic E-state index is 13.2. The van der Waals surface area contributed by atoms with E-state index in [0.29, 0.717) is 92.8 Å². The van der Waals surface area contributed by atoms with Crippen molar-refractivity contribution in [3.05, 3.63) is 109 Å². The minimum Gasteiger partial charge on any atom is -0.465 e. The van der Waals surface area contributed by atoms with E-state index in [1.807, 2.05) is 0 Å². The second-order valence-corrected chi connectivity index (χ2v) is 19.2. The molecule has 0 N–H and O–H groups in total. The Labute approximate surface area is 458 Å². The quantitative estimate of drug-likeness (QED) is 0.0292. The molecule has 20 heteroatoms. The molecule has 2 aliphatic carbocycles. The lowest BCUT2D eigenvalue weighted by Crippen LogP contribution is -2.30. The molecule has 20 nitrogen and oxygen atoms in total. The summed E-state index contributed by atoms with van der Waals surface area (Å²) >= 11 is 0. The Balaban J connectivity index is 0.921. The maximum Gasteiger partial charge on any atom is 0.330 e. The van der Waals surface area contributed by atoms with Gasteiger partial charge in [-0.05, 0) is 131 Å². The molecular weight excluding hydrogens is 1030 g/mol. The van der Waals surface area contributed by atoms with Crippen molar-refractivity contribution in [3.8, 4) is 23.0 Å². The largest absolute Gasteiger partial charge is 0.465 e. The number of hydrogen-bond donors (Lipinski definition) is 0. The van der Waals surface area contributed by atoms with Gasteiger partial charge in [-0.15, -0.1) is 0 Å². The fourth-order valence-corrected chi connectivity index (χ4v) is 8.44. The number of rotatable bonds is 28. The Hall–Kier alpha value is -8.16. The molecule has 0 heterocycles. The molecule has 2 fully saturated rings. The fourth-order valence-electron chi connectivity index (χ4n) is 8.44. The first-order valence-corrected chi connectivity index (χ1v) is 26.3. The van der Waals surface area contributed by atoms with Gasteiger partial charge in [0.05, 0.1) is 62.6 Å². The summed E-state index contributed by atoms with van der Waals surface area (Å²) < 4.78 is 53.0. The first-order chi connectivity index (χ1) is 37.9. The zero-order chi connectivity index (χ0) is 57.3. The number of ether oxygens (including phenoxy) is 10. The summed E-state index contributed by atoms with van der Waals surface area (Å²) in [4.78, 5) is 123. The van der Waals surface area contributed by atoms with Crippen LogP contribution in [0.2, 0.25) is 0 Å². The SMILES string of the molecule is C=CC(=O)OCC(C)OC(=O)CCC(=O)OCCc1ccc(OC(=O)[C@H]2CC[C@H](C(=O)Oc3ccc(OC(=O)[C@H]4CC[C@H](C(=O)Oc5ccc(CCOC(=O)CCC(=O)OC(C)COC(=O)C=C)cc5)CC4)c(C)c3)CC2)cc1. The smallest absolute Gasteiger partial charge is 0.330 e. The summed E-state index contributed by atoms with van der Waals surface area (Å²) in [5.74, 6) is -5.62. The second-order valence-electron chi connectivity index (χ2n) is 19.2.